The standard InChI is InChI=1S/C6H4BF3INO2/c8-6(9,10)3-1-12-2-4(11)5(3)7(13)14/h1-2,13-14H. The molecular formula is C6H4BF3INO2. The first kappa shape index (κ1) is 11.7. The number of aromatic nitrogens is 1. The summed E-state index contributed by atoms with van der Waals surface area (Å²) in [6, 6.07) is 0. The van der Waals surface area contributed by atoms with Gasteiger partial charge in [-0.3, -0.25) is 4.98 Å². The topological polar surface area (TPSA) is 53.4 Å². The van der Waals surface area contributed by atoms with Crippen LogP contribution in [-0.2, 0) is 6.18 Å². The molecule has 1 heterocycles. The molecule has 3 nitrogen and oxygen atoms in total. The minimum Gasteiger partial charge on any atom is -0.423 e. The lowest BCUT2D eigenvalue weighted by molar-refractivity contribution is -0.137. The van der Waals surface area contributed by atoms with Gasteiger partial charge in [-0.25, -0.2) is 0 Å². The van der Waals surface area contributed by atoms with Crippen molar-refractivity contribution in [3.8, 4) is 0 Å². The molecule has 0 radical (unpaired) electrons. The van der Waals surface area contributed by atoms with Crippen LogP contribution in [0.4, 0.5) is 13.2 Å². The fourth-order valence-electron chi connectivity index (χ4n) is 0.933. The molecule has 1 aromatic rings. The van der Waals surface area contributed by atoms with E-state index in [0.29, 0.717) is 6.20 Å². The molecule has 1 rings (SSSR count). The average molecular weight is 317 g/mol. The van der Waals surface area contributed by atoms with Crippen molar-refractivity contribution in [2.24, 2.45) is 0 Å². The van der Waals surface area contributed by atoms with Crippen LogP contribution in [0.2, 0.25) is 0 Å². The van der Waals surface area contributed by atoms with E-state index in [1.165, 1.54) is 0 Å². The molecule has 0 amide bonds. The Bertz CT molecular complexity index is 344. The van der Waals surface area contributed by atoms with E-state index in [0.717, 1.165) is 6.20 Å². The highest BCUT2D eigenvalue weighted by atomic mass is 127. The molecule has 0 atom stereocenters. The van der Waals surface area contributed by atoms with Crippen LogP contribution in [0.25, 0.3) is 0 Å². The Hall–Kier alpha value is -0.345. The number of halogens is 4. The van der Waals surface area contributed by atoms with Gasteiger partial charge < -0.3 is 10.0 Å². The summed E-state index contributed by atoms with van der Waals surface area (Å²) in [5.41, 5.74) is -1.69. The minimum absolute atomic E-state index is 0.0624. The molecule has 0 saturated carbocycles. The Morgan fingerprint density at radius 2 is 1.86 bits per heavy atom. The molecule has 0 aromatic carbocycles. The van der Waals surface area contributed by atoms with E-state index in [1.54, 1.807) is 22.6 Å². The van der Waals surface area contributed by atoms with Gasteiger partial charge >= 0.3 is 13.3 Å². The molecule has 0 bridgehead atoms. The maximum atomic E-state index is 12.3. The summed E-state index contributed by atoms with van der Waals surface area (Å²) < 4.78 is 37.0. The number of nitrogens with zero attached hydrogens (tertiary/aromatic N) is 1. The zero-order valence-electron chi connectivity index (χ0n) is 6.59. The Labute approximate surface area is 91.3 Å². The van der Waals surface area contributed by atoms with Gasteiger partial charge in [-0.1, -0.05) is 0 Å². The first-order valence-electron chi connectivity index (χ1n) is 3.40. The van der Waals surface area contributed by atoms with E-state index in [-0.39, 0.29) is 3.57 Å². The molecule has 0 saturated heterocycles. The fourth-order valence-corrected chi connectivity index (χ4v) is 1.66. The van der Waals surface area contributed by atoms with Crippen molar-refractivity contribution in [1.29, 1.82) is 0 Å². The highest BCUT2D eigenvalue weighted by Crippen LogP contribution is 2.28. The third-order valence-electron chi connectivity index (χ3n) is 1.50. The largest absolute Gasteiger partial charge is 0.490 e. The second-order valence-corrected chi connectivity index (χ2v) is 3.62. The number of hydrogen-bond acceptors (Lipinski definition) is 3. The lowest BCUT2D eigenvalue weighted by atomic mass is 9.78. The molecule has 0 unspecified atom stereocenters. The van der Waals surface area contributed by atoms with Crippen LogP contribution in [-0.4, -0.2) is 22.2 Å². The van der Waals surface area contributed by atoms with Gasteiger partial charge in [-0.05, 0) is 22.6 Å². The average Bonchev–Trinajstić information content (AvgIpc) is 2.01. The highest BCUT2D eigenvalue weighted by Gasteiger charge is 2.37. The maximum Gasteiger partial charge on any atom is 0.490 e. The normalized spacial score (nSPS) is 11.6. The van der Waals surface area contributed by atoms with Crippen molar-refractivity contribution in [3.05, 3.63) is 21.5 Å². The minimum atomic E-state index is -4.63. The Morgan fingerprint density at radius 1 is 1.29 bits per heavy atom. The summed E-state index contributed by atoms with van der Waals surface area (Å²) in [7, 11) is -2.15. The Kier molecular flexibility index (Phi) is 3.38. The second kappa shape index (κ2) is 4.03. The first-order valence-corrected chi connectivity index (χ1v) is 4.48. The van der Waals surface area contributed by atoms with Crippen molar-refractivity contribution in [3.63, 3.8) is 0 Å². The second-order valence-electron chi connectivity index (χ2n) is 2.45. The molecule has 0 aliphatic carbocycles. The van der Waals surface area contributed by atoms with Crippen LogP contribution < -0.4 is 5.46 Å². The van der Waals surface area contributed by atoms with Crippen LogP contribution in [0, 0.1) is 3.57 Å². The fraction of sp³-hybridized carbons (Fsp3) is 0.167. The van der Waals surface area contributed by atoms with Gasteiger partial charge in [-0.15, -0.1) is 0 Å². The summed E-state index contributed by atoms with van der Waals surface area (Å²) in [6.07, 6.45) is -2.94. The zero-order chi connectivity index (χ0) is 10.9. The molecule has 14 heavy (non-hydrogen) atoms. The molecule has 0 fully saturated rings. The molecular weight excluding hydrogens is 313 g/mol. The predicted octanol–water partition coefficient (Wildman–Crippen LogP) is 0.385. The van der Waals surface area contributed by atoms with Crippen molar-refractivity contribution in [2.45, 2.75) is 6.18 Å². The van der Waals surface area contributed by atoms with Crippen LogP contribution >= 0.6 is 22.6 Å². The van der Waals surface area contributed by atoms with Gasteiger partial charge in [0.2, 0.25) is 0 Å². The van der Waals surface area contributed by atoms with E-state index in [2.05, 4.69) is 4.98 Å². The lowest BCUT2D eigenvalue weighted by Gasteiger charge is -2.12. The first-order chi connectivity index (χ1) is 6.34. The van der Waals surface area contributed by atoms with Crippen LogP contribution in [0.15, 0.2) is 12.4 Å². The summed E-state index contributed by atoms with van der Waals surface area (Å²) in [5, 5.41) is 17.5. The van der Waals surface area contributed by atoms with E-state index >= 15 is 0 Å². The quantitative estimate of drug-likeness (QED) is 0.582. The summed E-state index contributed by atoms with van der Waals surface area (Å²) in [5.74, 6) is 0. The lowest BCUT2D eigenvalue weighted by Crippen LogP contribution is -2.38. The number of pyridine rings is 1. The van der Waals surface area contributed by atoms with Gasteiger partial charge in [0.15, 0.2) is 0 Å². The van der Waals surface area contributed by atoms with E-state index < -0.39 is 24.3 Å². The number of hydrogen-bond donors (Lipinski definition) is 2. The van der Waals surface area contributed by atoms with Crippen molar-refractivity contribution in [2.75, 3.05) is 0 Å². The number of alkyl halides is 3. The van der Waals surface area contributed by atoms with Crippen LogP contribution in [0.1, 0.15) is 5.56 Å². The highest BCUT2D eigenvalue weighted by molar-refractivity contribution is 14.1. The monoisotopic (exact) mass is 317 g/mol. The maximum absolute atomic E-state index is 12.3. The van der Waals surface area contributed by atoms with E-state index in [9.17, 15) is 13.2 Å². The third kappa shape index (κ3) is 2.36. The molecule has 0 spiro atoms. The molecule has 2 N–H and O–H groups in total. The molecule has 0 aliphatic rings. The van der Waals surface area contributed by atoms with Gasteiger partial charge in [0, 0.05) is 21.4 Å². The van der Waals surface area contributed by atoms with Crippen molar-refractivity contribution < 1.29 is 23.2 Å². The molecule has 0 aliphatic heterocycles. The Balaban J connectivity index is 3.36. The van der Waals surface area contributed by atoms with Crippen LogP contribution in [0.5, 0.6) is 0 Å². The molecule has 8 heteroatoms. The van der Waals surface area contributed by atoms with Gasteiger partial charge in [0.25, 0.3) is 0 Å². The molecule has 76 valence electrons. The summed E-state index contributed by atoms with van der Waals surface area (Å²) in [4.78, 5) is 3.34. The summed E-state index contributed by atoms with van der Waals surface area (Å²) >= 11 is 1.56. The van der Waals surface area contributed by atoms with Gasteiger partial charge in [0.05, 0.1) is 5.56 Å². The predicted molar refractivity (Wildman–Crippen MR) is 51.8 cm³/mol. The number of rotatable bonds is 1. The van der Waals surface area contributed by atoms with Crippen molar-refractivity contribution in [1.82, 2.24) is 4.98 Å². The smallest absolute Gasteiger partial charge is 0.423 e. The Morgan fingerprint density at radius 3 is 2.21 bits per heavy atom. The third-order valence-corrected chi connectivity index (χ3v) is 2.36. The van der Waals surface area contributed by atoms with E-state index in [4.69, 9.17) is 10.0 Å². The van der Waals surface area contributed by atoms with Crippen LogP contribution in [0.3, 0.4) is 0 Å². The van der Waals surface area contributed by atoms with Gasteiger partial charge in [0.1, 0.15) is 0 Å². The van der Waals surface area contributed by atoms with E-state index in [1.807, 2.05) is 0 Å². The molecule has 1 aromatic heterocycles. The van der Waals surface area contributed by atoms with Gasteiger partial charge in [-0.2, -0.15) is 13.2 Å². The van der Waals surface area contributed by atoms with Crippen molar-refractivity contribution >= 4 is 35.2 Å². The summed E-state index contributed by atoms with van der Waals surface area (Å²) in [6.45, 7) is 0. The zero-order valence-corrected chi connectivity index (χ0v) is 8.74. The SMILES string of the molecule is OB(O)c1c(I)cncc1C(F)(F)F.